The van der Waals surface area contributed by atoms with Crippen molar-refractivity contribution in [2.24, 2.45) is 0 Å². The molecule has 1 aromatic rings. The monoisotopic (exact) mass is 532 g/mol. The molecule has 184 valence electrons. The van der Waals surface area contributed by atoms with Crippen LogP contribution in [0.25, 0.3) is 0 Å². The Morgan fingerprint density at radius 3 is 1.88 bits per heavy atom. The number of benzene rings is 1. The Morgan fingerprint density at radius 2 is 1.39 bits per heavy atom. The third-order valence-electron chi connectivity index (χ3n) is 4.06. The first kappa shape index (κ1) is 28.4. The topological polar surface area (TPSA) is 124 Å². The van der Waals surface area contributed by atoms with Gasteiger partial charge in [0.1, 0.15) is 25.1 Å². The Kier molecular flexibility index (Phi) is 11.9. The van der Waals surface area contributed by atoms with Crippen LogP contribution in [0.5, 0.6) is 5.75 Å². The van der Waals surface area contributed by atoms with Crippen LogP contribution in [0, 0.1) is 6.92 Å². The lowest BCUT2D eigenvalue weighted by Gasteiger charge is -2.32. The van der Waals surface area contributed by atoms with Crippen molar-refractivity contribution in [1.29, 1.82) is 0 Å². The van der Waals surface area contributed by atoms with E-state index in [9.17, 15) is 19.2 Å². The van der Waals surface area contributed by atoms with Gasteiger partial charge in [-0.05, 0) is 37.6 Å². The number of rotatable bonds is 12. The summed E-state index contributed by atoms with van der Waals surface area (Å²) in [7, 11) is 0. The first-order chi connectivity index (χ1) is 15.4. The Hall–Kier alpha value is -2.66. The van der Waals surface area contributed by atoms with E-state index in [2.05, 4.69) is 15.9 Å². The smallest absolute Gasteiger partial charge is 0.303 e. The molecule has 0 saturated heterocycles. The number of carbonyl (C=O) groups is 4. The molecular weight excluding hydrogens is 504 g/mol. The molecule has 0 heterocycles. The number of hydrogen-bond donors (Lipinski definition) is 0. The molecule has 4 atom stereocenters. The van der Waals surface area contributed by atoms with Crippen LogP contribution in [0.4, 0.5) is 0 Å². The number of carbonyl (C=O) groups excluding carboxylic acids is 4. The van der Waals surface area contributed by atoms with E-state index in [1.54, 1.807) is 19.1 Å². The molecule has 33 heavy (non-hydrogen) atoms. The zero-order chi connectivity index (χ0) is 25.1. The van der Waals surface area contributed by atoms with Gasteiger partial charge in [0.15, 0.2) is 12.2 Å². The average molecular weight is 533 g/mol. The maximum Gasteiger partial charge on any atom is 0.303 e. The third kappa shape index (κ3) is 11.2. The predicted octanol–water partition coefficient (Wildman–Crippen LogP) is 2.86. The molecule has 1 rings (SSSR count). The maximum absolute atomic E-state index is 11.6. The van der Waals surface area contributed by atoms with Gasteiger partial charge in [-0.15, -0.1) is 0 Å². The molecule has 0 saturated carbocycles. The van der Waals surface area contributed by atoms with E-state index in [-0.39, 0.29) is 13.2 Å². The maximum atomic E-state index is 11.6. The van der Waals surface area contributed by atoms with Gasteiger partial charge >= 0.3 is 23.9 Å². The molecule has 0 amide bonds. The summed E-state index contributed by atoms with van der Waals surface area (Å²) in [4.78, 5) is 45.9. The molecule has 1 aromatic carbocycles. The van der Waals surface area contributed by atoms with Gasteiger partial charge in [-0.3, -0.25) is 19.2 Å². The Morgan fingerprint density at radius 1 is 0.848 bits per heavy atom. The number of aryl methyl sites for hydroxylation is 1. The molecule has 0 bridgehead atoms. The standard InChI is InChI=1S/C22H29BrO10/c1-12-9-18(23)7-8-19(12)32-22(13(2)30-16(5)26)33-21(11-29-15(4)25)20(31-17(6)27)10-28-14(3)24/h7-9,13,20-22H,10-11H2,1-6H3. The number of halogens is 1. The van der Waals surface area contributed by atoms with Crippen LogP contribution in [0.15, 0.2) is 22.7 Å². The lowest BCUT2D eigenvalue weighted by Crippen LogP contribution is -2.47. The fraction of sp³-hybridized carbons (Fsp3) is 0.545. The summed E-state index contributed by atoms with van der Waals surface area (Å²) in [6.45, 7) is 7.46. The number of esters is 4. The zero-order valence-electron chi connectivity index (χ0n) is 19.4. The summed E-state index contributed by atoms with van der Waals surface area (Å²) in [5, 5.41) is 0. The molecule has 0 N–H and O–H groups in total. The molecule has 4 unspecified atom stereocenters. The fourth-order valence-corrected chi connectivity index (χ4v) is 3.13. The summed E-state index contributed by atoms with van der Waals surface area (Å²) >= 11 is 3.37. The highest BCUT2D eigenvalue weighted by Gasteiger charge is 2.34. The molecule has 0 fully saturated rings. The van der Waals surface area contributed by atoms with Gasteiger partial charge in [0.2, 0.25) is 6.29 Å². The minimum Gasteiger partial charge on any atom is -0.463 e. The minimum absolute atomic E-state index is 0.347. The summed E-state index contributed by atoms with van der Waals surface area (Å²) < 4.78 is 33.3. The second-order valence-electron chi connectivity index (χ2n) is 7.14. The van der Waals surface area contributed by atoms with Crippen LogP contribution in [-0.4, -0.2) is 61.7 Å². The van der Waals surface area contributed by atoms with Crippen molar-refractivity contribution >= 4 is 39.8 Å². The van der Waals surface area contributed by atoms with Gasteiger partial charge in [0.25, 0.3) is 0 Å². The van der Waals surface area contributed by atoms with Crippen LogP contribution in [0.1, 0.15) is 40.2 Å². The highest BCUT2D eigenvalue weighted by atomic mass is 79.9. The largest absolute Gasteiger partial charge is 0.463 e. The predicted molar refractivity (Wildman–Crippen MR) is 118 cm³/mol. The van der Waals surface area contributed by atoms with E-state index in [0.717, 1.165) is 10.0 Å². The highest BCUT2D eigenvalue weighted by Crippen LogP contribution is 2.25. The fourth-order valence-electron chi connectivity index (χ4n) is 2.66. The van der Waals surface area contributed by atoms with Crippen LogP contribution >= 0.6 is 15.9 Å². The van der Waals surface area contributed by atoms with Crippen LogP contribution in [0.2, 0.25) is 0 Å². The SMILES string of the molecule is CC(=O)OCC(OC(C)=O)C(COC(C)=O)OC(Oc1ccc(Br)cc1C)C(C)OC(C)=O. The van der Waals surface area contributed by atoms with Gasteiger partial charge in [-0.25, -0.2) is 0 Å². The highest BCUT2D eigenvalue weighted by molar-refractivity contribution is 9.10. The normalized spacial score (nSPS) is 14.3. The van der Waals surface area contributed by atoms with E-state index in [0.29, 0.717) is 5.75 Å². The number of hydrogen-bond acceptors (Lipinski definition) is 10. The lowest BCUT2D eigenvalue weighted by molar-refractivity contribution is -0.221. The summed E-state index contributed by atoms with van der Waals surface area (Å²) in [6, 6.07) is 5.27. The molecule has 0 aliphatic rings. The Bertz CT molecular complexity index is 840. The van der Waals surface area contributed by atoms with Crippen molar-refractivity contribution in [3.05, 3.63) is 28.2 Å². The van der Waals surface area contributed by atoms with Crippen molar-refractivity contribution in [2.45, 2.75) is 66.1 Å². The van der Waals surface area contributed by atoms with Gasteiger partial charge in [-0.1, -0.05) is 15.9 Å². The molecule has 11 heteroatoms. The summed E-state index contributed by atoms with van der Waals surface area (Å²) in [5.74, 6) is -2.01. The molecule has 0 spiro atoms. The van der Waals surface area contributed by atoms with E-state index in [1.165, 1.54) is 27.7 Å². The second-order valence-corrected chi connectivity index (χ2v) is 8.05. The van der Waals surface area contributed by atoms with Crippen molar-refractivity contribution < 1.29 is 47.6 Å². The Balaban J connectivity index is 3.25. The van der Waals surface area contributed by atoms with Gasteiger partial charge < -0.3 is 28.4 Å². The number of ether oxygens (including phenoxy) is 6. The third-order valence-corrected chi connectivity index (χ3v) is 4.55. The van der Waals surface area contributed by atoms with Crippen molar-refractivity contribution in [3.63, 3.8) is 0 Å². The second kappa shape index (κ2) is 13.8. The van der Waals surface area contributed by atoms with Crippen molar-refractivity contribution in [2.75, 3.05) is 13.2 Å². The molecule has 0 aliphatic carbocycles. The van der Waals surface area contributed by atoms with E-state index in [4.69, 9.17) is 28.4 Å². The molecular formula is C22H29BrO10. The zero-order valence-corrected chi connectivity index (χ0v) is 21.0. The van der Waals surface area contributed by atoms with Gasteiger partial charge in [0, 0.05) is 32.2 Å². The quantitative estimate of drug-likeness (QED) is 0.225. The molecule has 0 aromatic heterocycles. The van der Waals surface area contributed by atoms with E-state index < -0.39 is 48.5 Å². The van der Waals surface area contributed by atoms with E-state index in [1.807, 2.05) is 13.0 Å². The van der Waals surface area contributed by atoms with Crippen molar-refractivity contribution in [1.82, 2.24) is 0 Å². The van der Waals surface area contributed by atoms with E-state index >= 15 is 0 Å². The van der Waals surface area contributed by atoms with Crippen LogP contribution in [-0.2, 0) is 42.9 Å². The van der Waals surface area contributed by atoms with Crippen LogP contribution in [0.3, 0.4) is 0 Å². The first-order valence-corrected chi connectivity index (χ1v) is 10.9. The molecule has 0 radical (unpaired) electrons. The lowest BCUT2D eigenvalue weighted by atomic mass is 10.2. The summed E-state index contributed by atoms with van der Waals surface area (Å²) in [5.41, 5.74) is 0.765. The molecule has 10 nitrogen and oxygen atoms in total. The first-order valence-electron chi connectivity index (χ1n) is 10.1. The Labute approximate surface area is 200 Å². The van der Waals surface area contributed by atoms with Gasteiger partial charge in [-0.2, -0.15) is 0 Å². The minimum atomic E-state index is -1.19. The van der Waals surface area contributed by atoms with Crippen LogP contribution < -0.4 is 4.74 Å². The molecule has 0 aliphatic heterocycles. The van der Waals surface area contributed by atoms with Crippen molar-refractivity contribution in [3.8, 4) is 5.75 Å². The summed E-state index contributed by atoms with van der Waals surface area (Å²) in [6.07, 6.45) is -4.34. The average Bonchev–Trinajstić information content (AvgIpc) is 2.68. The van der Waals surface area contributed by atoms with Gasteiger partial charge in [0.05, 0.1) is 0 Å².